The number of carbonyl (C=O) groups excluding carboxylic acids is 1. The normalized spacial score (nSPS) is 15.3. The molecule has 0 saturated carbocycles. The molecule has 1 aliphatic rings. The molecule has 2 heterocycles. The monoisotopic (exact) mass is 473 g/mol. The van der Waals surface area contributed by atoms with E-state index in [0.29, 0.717) is 18.2 Å². The number of nitrogens with zero attached hydrogens (tertiary/aromatic N) is 1. The van der Waals surface area contributed by atoms with Crippen LogP contribution in [0.2, 0.25) is 0 Å². The smallest absolute Gasteiger partial charge is 0.226 e. The molecule has 4 rings (SSSR count). The third kappa shape index (κ3) is 6.55. The van der Waals surface area contributed by atoms with Crippen LogP contribution in [0, 0.1) is 11.7 Å². The highest BCUT2D eigenvalue weighted by molar-refractivity contribution is 6.05. The molecule has 2 N–H and O–H groups in total. The van der Waals surface area contributed by atoms with Gasteiger partial charge in [0.2, 0.25) is 5.91 Å². The SMILES string of the molecule is C/C=C(/CC(=O)NCC1CCOCC1)N=C(C)c1cc(-c2ccccc2)[nH]c1-c1ccc(F)cc1. The maximum atomic E-state index is 13.6. The molecule has 35 heavy (non-hydrogen) atoms. The molecule has 1 aliphatic heterocycles. The Labute approximate surface area is 206 Å². The molecule has 0 spiro atoms. The van der Waals surface area contributed by atoms with Crippen LogP contribution < -0.4 is 5.32 Å². The maximum Gasteiger partial charge on any atom is 0.226 e. The number of aliphatic imine (C=N–C) groups is 1. The van der Waals surface area contributed by atoms with E-state index in [1.807, 2.05) is 50.3 Å². The number of rotatable bonds is 8. The van der Waals surface area contributed by atoms with Crippen molar-refractivity contribution in [1.29, 1.82) is 0 Å². The molecule has 182 valence electrons. The van der Waals surface area contributed by atoms with Crippen LogP contribution in [0.3, 0.4) is 0 Å². The minimum Gasteiger partial charge on any atom is -0.381 e. The molecule has 5 nitrogen and oxygen atoms in total. The van der Waals surface area contributed by atoms with E-state index < -0.39 is 0 Å². The van der Waals surface area contributed by atoms with Gasteiger partial charge < -0.3 is 15.0 Å². The van der Waals surface area contributed by atoms with E-state index in [9.17, 15) is 9.18 Å². The molecule has 1 aromatic heterocycles. The number of allylic oxidation sites excluding steroid dienone is 1. The number of hydrogen-bond donors (Lipinski definition) is 2. The number of H-pyrrole nitrogens is 1. The molecular weight excluding hydrogens is 441 g/mol. The molecule has 0 aliphatic carbocycles. The summed E-state index contributed by atoms with van der Waals surface area (Å²) in [6, 6.07) is 18.5. The van der Waals surface area contributed by atoms with E-state index in [1.165, 1.54) is 12.1 Å². The summed E-state index contributed by atoms with van der Waals surface area (Å²) in [5, 5.41) is 3.05. The molecule has 6 heteroatoms. The van der Waals surface area contributed by atoms with Crippen molar-refractivity contribution in [1.82, 2.24) is 10.3 Å². The zero-order valence-electron chi connectivity index (χ0n) is 20.3. The fourth-order valence-corrected chi connectivity index (χ4v) is 4.27. The number of aromatic amines is 1. The Morgan fingerprint density at radius 1 is 1.11 bits per heavy atom. The summed E-state index contributed by atoms with van der Waals surface area (Å²) < 4.78 is 19.0. The first-order valence-electron chi connectivity index (χ1n) is 12.1. The second kappa shape index (κ2) is 11.8. The molecule has 2 aromatic carbocycles. The number of carbonyl (C=O) groups is 1. The van der Waals surface area contributed by atoms with Crippen LogP contribution in [0.4, 0.5) is 4.39 Å². The number of aromatic nitrogens is 1. The Balaban J connectivity index is 1.55. The van der Waals surface area contributed by atoms with E-state index in [0.717, 1.165) is 59.8 Å². The zero-order valence-corrected chi connectivity index (χ0v) is 20.3. The Bertz CT molecular complexity index is 1190. The van der Waals surface area contributed by atoms with Gasteiger partial charge in [-0.1, -0.05) is 36.4 Å². The van der Waals surface area contributed by atoms with Crippen LogP contribution in [-0.2, 0) is 9.53 Å². The summed E-state index contributed by atoms with van der Waals surface area (Å²) in [6.07, 6.45) is 4.06. The summed E-state index contributed by atoms with van der Waals surface area (Å²) in [6.45, 7) is 6.04. The Kier molecular flexibility index (Phi) is 8.27. The Morgan fingerprint density at radius 2 is 1.83 bits per heavy atom. The van der Waals surface area contributed by atoms with Gasteiger partial charge in [-0.3, -0.25) is 9.79 Å². The fraction of sp³-hybridized carbons (Fsp3) is 0.310. The van der Waals surface area contributed by atoms with E-state index in [-0.39, 0.29) is 18.1 Å². The largest absolute Gasteiger partial charge is 0.381 e. The highest BCUT2D eigenvalue weighted by atomic mass is 19.1. The van der Waals surface area contributed by atoms with E-state index in [4.69, 9.17) is 9.73 Å². The Hall–Kier alpha value is -3.51. The molecule has 0 bridgehead atoms. The second-order valence-corrected chi connectivity index (χ2v) is 8.86. The van der Waals surface area contributed by atoms with Gasteiger partial charge in [0.1, 0.15) is 5.82 Å². The zero-order chi connectivity index (χ0) is 24.6. The van der Waals surface area contributed by atoms with Gasteiger partial charge >= 0.3 is 0 Å². The number of nitrogens with one attached hydrogen (secondary N) is 2. The molecule has 1 amide bonds. The quantitative estimate of drug-likeness (QED) is 0.386. The molecule has 0 radical (unpaired) electrons. The van der Waals surface area contributed by atoms with Crippen molar-refractivity contribution in [3.63, 3.8) is 0 Å². The average molecular weight is 474 g/mol. The first-order valence-corrected chi connectivity index (χ1v) is 12.1. The van der Waals surface area contributed by atoms with Crippen LogP contribution in [0.25, 0.3) is 22.5 Å². The summed E-state index contributed by atoms with van der Waals surface area (Å²) in [7, 11) is 0. The van der Waals surface area contributed by atoms with Gasteiger partial charge in [-0.05, 0) is 74.1 Å². The van der Waals surface area contributed by atoms with Crippen molar-refractivity contribution in [2.45, 2.75) is 33.1 Å². The van der Waals surface area contributed by atoms with Gasteiger partial charge in [0.05, 0.1) is 12.1 Å². The van der Waals surface area contributed by atoms with Crippen molar-refractivity contribution < 1.29 is 13.9 Å². The number of hydrogen-bond acceptors (Lipinski definition) is 3. The van der Waals surface area contributed by atoms with Gasteiger partial charge in [-0.2, -0.15) is 0 Å². The van der Waals surface area contributed by atoms with Crippen molar-refractivity contribution in [3.05, 3.63) is 83.8 Å². The lowest BCUT2D eigenvalue weighted by Gasteiger charge is -2.22. The number of benzene rings is 2. The summed E-state index contributed by atoms with van der Waals surface area (Å²) in [4.78, 5) is 20.9. The topological polar surface area (TPSA) is 66.5 Å². The van der Waals surface area contributed by atoms with Crippen LogP contribution in [-0.4, -0.2) is 36.4 Å². The third-order valence-electron chi connectivity index (χ3n) is 6.34. The van der Waals surface area contributed by atoms with Gasteiger partial charge in [-0.15, -0.1) is 0 Å². The highest BCUT2D eigenvalue weighted by Gasteiger charge is 2.17. The number of amides is 1. The van der Waals surface area contributed by atoms with Crippen LogP contribution in [0.1, 0.15) is 38.7 Å². The predicted octanol–water partition coefficient (Wildman–Crippen LogP) is 6.13. The molecule has 1 saturated heterocycles. The lowest BCUT2D eigenvalue weighted by atomic mass is 10.0. The first-order chi connectivity index (χ1) is 17.0. The summed E-state index contributed by atoms with van der Waals surface area (Å²) in [5.41, 5.74) is 6.14. The molecule has 0 unspecified atom stereocenters. The van der Waals surface area contributed by atoms with E-state index in [1.54, 1.807) is 12.1 Å². The first kappa shape index (κ1) is 24.6. The average Bonchev–Trinajstić information content (AvgIpc) is 3.34. The molecule has 0 atom stereocenters. The fourth-order valence-electron chi connectivity index (χ4n) is 4.27. The van der Waals surface area contributed by atoms with Crippen molar-refractivity contribution in [2.24, 2.45) is 10.9 Å². The number of ether oxygens (including phenoxy) is 1. The van der Waals surface area contributed by atoms with E-state index >= 15 is 0 Å². The van der Waals surface area contributed by atoms with Crippen molar-refractivity contribution in [2.75, 3.05) is 19.8 Å². The van der Waals surface area contributed by atoms with Crippen LogP contribution in [0.15, 0.2) is 77.4 Å². The van der Waals surface area contributed by atoms with Crippen molar-refractivity contribution in [3.8, 4) is 22.5 Å². The van der Waals surface area contributed by atoms with Crippen molar-refractivity contribution >= 4 is 11.6 Å². The standard InChI is InChI=1S/C29H32FN3O2/c1-3-25(17-28(34)31-19-21-13-15-35-16-14-21)32-20(2)26-18-27(22-7-5-4-6-8-22)33-29(26)23-9-11-24(30)12-10-23/h3-12,18,21,33H,13-17,19H2,1-2H3,(H,31,34)/b25-3-,32-20?. The van der Waals surface area contributed by atoms with Crippen LogP contribution >= 0.6 is 0 Å². The molecule has 1 fully saturated rings. The number of halogens is 1. The minimum absolute atomic E-state index is 0.0288. The van der Waals surface area contributed by atoms with Gasteiger partial charge in [-0.25, -0.2) is 4.39 Å². The maximum absolute atomic E-state index is 13.6. The summed E-state index contributed by atoms with van der Waals surface area (Å²) >= 11 is 0. The molecule has 3 aromatic rings. The van der Waals surface area contributed by atoms with E-state index in [2.05, 4.69) is 16.4 Å². The van der Waals surface area contributed by atoms with Gasteiger partial charge in [0, 0.05) is 42.4 Å². The highest BCUT2D eigenvalue weighted by Crippen LogP contribution is 2.30. The van der Waals surface area contributed by atoms with Gasteiger partial charge in [0.15, 0.2) is 0 Å². The second-order valence-electron chi connectivity index (χ2n) is 8.86. The third-order valence-corrected chi connectivity index (χ3v) is 6.34. The van der Waals surface area contributed by atoms with Gasteiger partial charge in [0.25, 0.3) is 0 Å². The lowest BCUT2D eigenvalue weighted by Crippen LogP contribution is -2.32. The van der Waals surface area contributed by atoms with Crippen LogP contribution in [0.5, 0.6) is 0 Å². The molecular formula is C29H32FN3O2. The Morgan fingerprint density at radius 3 is 2.51 bits per heavy atom. The predicted molar refractivity (Wildman–Crippen MR) is 139 cm³/mol. The summed E-state index contributed by atoms with van der Waals surface area (Å²) in [5.74, 6) is 0.166. The lowest BCUT2D eigenvalue weighted by molar-refractivity contribution is -0.120. The minimum atomic E-state index is -0.279.